The predicted octanol–water partition coefficient (Wildman–Crippen LogP) is 3.33. The van der Waals surface area contributed by atoms with Gasteiger partial charge in [-0.15, -0.1) is 0 Å². The van der Waals surface area contributed by atoms with Crippen LogP contribution < -0.4 is 5.32 Å². The van der Waals surface area contributed by atoms with Crippen molar-refractivity contribution < 1.29 is 18.6 Å². The van der Waals surface area contributed by atoms with E-state index in [1.807, 2.05) is 0 Å². The van der Waals surface area contributed by atoms with Crippen molar-refractivity contribution in [1.29, 1.82) is 0 Å². The zero-order chi connectivity index (χ0) is 15.2. The molecule has 1 saturated carbocycles. The predicted molar refractivity (Wildman–Crippen MR) is 78.2 cm³/mol. The molecule has 2 rings (SSSR count). The van der Waals surface area contributed by atoms with Gasteiger partial charge in [0.1, 0.15) is 11.6 Å². The van der Waals surface area contributed by atoms with Crippen LogP contribution in [-0.4, -0.2) is 30.5 Å². The molecule has 3 nitrogen and oxygen atoms in total. The second-order valence-corrected chi connectivity index (χ2v) is 5.91. The minimum Gasteiger partial charge on any atom is -0.389 e. The van der Waals surface area contributed by atoms with Crippen molar-refractivity contribution in [2.45, 2.75) is 44.8 Å². The van der Waals surface area contributed by atoms with Gasteiger partial charge in [0.2, 0.25) is 0 Å². The summed E-state index contributed by atoms with van der Waals surface area (Å²) in [6, 6.07) is 3.20. The lowest BCUT2D eigenvalue weighted by molar-refractivity contribution is -0.0245. The summed E-state index contributed by atoms with van der Waals surface area (Å²) in [6.07, 6.45) is 3.94. The largest absolute Gasteiger partial charge is 0.389 e. The molecule has 1 aromatic carbocycles. The third-order valence-corrected chi connectivity index (χ3v) is 3.89. The third kappa shape index (κ3) is 5.59. The third-order valence-electron chi connectivity index (χ3n) is 3.89. The molecule has 1 atom stereocenters. The Bertz CT molecular complexity index is 428. The molecule has 21 heavy (non-hydrogen) atoms. The number of aliphatic hydroxyl groups excluding tert-OH is 1. The molecule has 0 radical (unpaired) electrons. The number of aliphatic hydroxyl groups is 1. The van der Waals surface area contributed by atoms with Crippen molar-refractivity contribution >= 4 is 5.69 Å². The van der Waals surface area contributed by atoms with E-state index in [1.54, 1.807) is 0 Å². The van der Waals surface area contributed by atoms with Crippen LogP contribution in [-0.2, 0) is 4.74 Å². The summed E-state index contributed by atoms with van der Waals surface area (Å²) in [4.78, 5) is 0. The molecular formula is C16H23F2NO2. The van der Waals surface area contributed by atoms with E-state index in [0.717, 1.165) is 24.8 Å². The minimum atomic E-state index is -0.698. The van der Waals surface area contributed by atoms with E-state index in [-0.39, 0.29) is 19.3 Å². The summed E-state index contributed by atoms with van der Waals surface area (Å²) in [5.41, 5.74) is 0.318. The first kappa shape index (κ1) is 16.2. The molecule has 5 heteroatoms. The maximum Gasteiger partial charge on any atom is 0.128 e. The highest BCUT2D eigenvalue weighted by atomic mass is 19.1. The molecule has 1 aliphatic carbocycles. The van der Waals surface area contributed by atoms with Gasteiger partial charge in [-0.05, 0) is 43.7 Å². The molecule has 0 spiro atoms. The fraction of sp³-hybridized carbons (Fsp3) is 0.625. The van der Waals surface area contributed by atoms with Crippen LogP contribution in [0.25, 0.3) is 0 Å². The summed E-state index contributed by atoms with van der Waals surface area (Å²) in [6.45, 7) is 2.68. The van der Waals surface area contributed by atoms with Gasteiger partial charge in [-0.1, -0.05) is 6.92 Å². The number of halogens is 2. The standard InChI is InChI=1S/C16H23F2NO2/c1-11-2-4-16(5-3-11)21-10-15(20)9-19-14-7-12(17)6-13(18)8-14/h6-8,11,15-16,19-20H,2-5,9-10H2,1H3. The molecule has 2 N–H and O–H groups in total. The molecule has 1 unspecified atom stereocenters. The van der Waals surface area contributed by atoms with Gasteiger partial charge in [0.25, 0.3) is 0 Å². The monoisotopic (exact) mass is 299 g/mol. The molecule has 0 heterocycles. The van der Waals surface area contributed by atoms with Crippen LogP contribution in [0, 0.1) is 17.6 Å². The van der Waals surface area contributed by atoms with Gasteiger partial charge in [0, 0.05) is 18.3 Å². The smallest absolute Gasteiger partial charge is 0.128 e. The fourth-order valence-corrected chi connectivity index (χ4v) is 2.59. The van der Waals surface area contributed by atoms with Crippen molar-refractivity contribution in [2.24, 2.45) is 5.92 Å². The lowest BCUT2D eigenvalue weighted by Gasteiger charge is -2.27. The number of ether oxygens (including phenoxy) is 1. The molecule has 0 saturated heterocycles. The van der Waals surface area contributed by atoms with Gasteiger partial charge >= 0.3 is 0 Å². The minimum absolute atomic E-state index is 0.200. The van der Waals surface area contributed by atoms with Crippen molar-refractivity contribution in [3.63, 3.8) is 0 Å². The summed E-state index contributed by atoms with van der Waals surface area (Å²) in [5, 5.41) is 12.7. The summed E-state index contributed by atoms with van der Waals surface area (Å²) in [7, 11) is 0. The topological polar surface area (TPSA) is 41.5 Å². The van der Waals surface area contributed by atoms with Crippen LogP contribution in [0.5, 0.6) is 0 Å². The number of hydrogen-bond donors (Lipinski definition) is 2. The van der Waals surface area contributed by atoms with E-state index in [0.29, 0.717) is 5.69 Å². The zero-order valence-electron chi connectivity index (χ0n) is 12.3. The Morgan fingerprint density at radius 3 is 2.43 bits per heavy atom. The first-order valence-electron chi connectivity index (χ1n) is 7.52. The van der Waals surface area contributed by atoms with Crippen LogP contribution in [0.2, 0.25) is 0 Å². The van der Waals surface area contributed by atoms with Gasteiger partial charge in [0.15, 0.2) is 0 Å². The Morgan fingerprint density at radius 1 is 1.19 bits per heavy atom. The van der Waals surface area contributed by atoms with E-state index in [1.165, 1.54) is 25.0 Å². The molecule has 0 aromatic heterocycles. The van der Waals surface area contributed by atoms with Crippen LogP contribution in [0.4, 0.5) is 14.5 Å². The Hall–Kier alpha value is -1.20. The van der Waals surface area contributed by atoms with Gasteiger partial charge in [-0.3, -0.25) is 0 Å². The van der Waals surface area contributed by atoms with Crippen LogP contribution >= 0.6 is 0 Å². The number of nitrogens with one attached hydrogen (secondary N) is 1. The summed E-state index contributed by atoms with van der Waals surface area (Å²) >= 11 is 0. The highest BCUT2D eigenvalue weighted by molar-refractivity contribution is 5.43. The maximum atomic E-state index is 13.0. The average Bonchev–Trinajstić information content (AvgIpc) is 2.43. The van der Waals surface area contributed by atoms with Crippen molar-refractivity contribution in [2.75, 3.05) is 18.5 Å². The van der Waals surface area contributed by atoms with Gasteiger partial charge in [0.05, 0.1) is 18.8 Å². The second kappa shape index (κ2) is 7.71. The first-order valence-corrected chi connectivity index (χ1v) is 7.52. The lowest BCUT2D eigenvalue weighted by Crippen LogP contribution is -2.29. The van der Waals surface area contributed by atoms with Gasteiger partial charge in [-0.2, -0.15) is 0 Å². The summed E-state index contributed by atoms with van der Waals surface area (Å²) in [5.74, 6) is -0.515. The second-order valence-electron chi connectivity index (χ2n) is 5.91. The van der Waals surface area contributed by atoms with E-state index < -0.39 is 17.7 Å². The average molecular weight is 299 g/mol. The number of anilines is 1. The van der Waals surface area contributed by atoms with E-state index >= 15 is 0 Å². The first-order chi connectivity index (χ1) is 10.0. The van der Waals surface area contributed by atoms with Gasteiger partial charge in [-0.25, -0.2) is 8.78 Å². The molecular weight excluding hydrogens is 276 g/mol. The van der Waals surface area contributed by atoms with Crippen molar-refractivity contribution in [3.05, 3.63) is 29.8 Å². The Labute approximate surface area is 124 Å². The number of rotatable bonds is 6. The van der Waals surface area contributed by atoms with Crippen molar-refractivity contribution in [1.82, 2.24) is 0 Å². The molecule has 0 aliphatic heterocycles. The fourth-order valence-electron chi connectivity index (χ4n) is 2.59. The highest BCUT2D eigenvalue weighted by Crippen LogP contribution is 2.25. The highest BCUT2D eigenvalue weighted by Gasteiger charge is 2.19. The molecule has 1 fully saturated rings. The Morgan fingerprint density at radius 2 is 1.81 bits per heavy atom. The van der Waals surface area contributed by atoms with E-state index in [4.69, 9.17) is 4.74 Å². The molecule has 1 aliphatic rings. The molecule has 1 aromatic rings. The van der Waals surface area contributed by atoms with Gasteiger partial charge < -0.3 is 15.2 Å². The summed E-state index contributed by atoms with van der Waals surface area (Å²) < 4.78 is 31.7. The van der Waals surface area contributed by atoms with Crippen LogP contribution in [0.3, 0.4) is 0 Å². The molecule has 118 valence electrons. The number of benzene rings is 1. The zero-order valence-corrected chi connectivity index (χ0v) is 12.3. The quantitative estimate of drug-likeness (QED) is 0.846. The molecule has 0 bridgehead atoms. The van der Waals surface area contributed by atoms with E-state index in [9.17, 15) is 13.9 Å². The van der Waals surface area contributed by atoms with Crippen molar-refractivity contribution in [3.8, 4) is 0 Å². The van der Waals surface area contributed by atoms with Crippen LogP contribution in [0.15, 0.2) is 18.2 Å². The Kier molecular flexibility index (Phi) is 5.94. The van der Waals surface area contributed by atoms with Crippen LogP contribution in [0.1, 0.15) is 32.6 Å². The lowest BCUT2D eigenvalue weighted by atomic mass is 9.89. The Balaban J connectivity index is 1.68. The van der Waals surface area contributed by atoms with E-state index in [2.05, 4.69) is 12.2 Å². The SMILES string of the molecule is CC1CCC(OCC(O)CNc2cc(F)cc(F)c2)CC1. The number of hydrogen-bond acceptors (Lipinski definition) is 3. The molecule has 0 amide bonds. The maximum absolute atomic E-state index is 13.0. The normalized spacial score (nSPS) is 23.8.